The van der Waals surface area contributed by atoms with Crippen molar-refractivity contribution in [2.75, 3.05) is 0 Å². The number of thioether (sulfide) groups is 1. The van der Waals surface area contributed by atoms with Crippen molar-refractivity contribution in [3.05, 3.63) is 65.7 Å². The Balaban J connectivity index is 2.27. The molecule has 0 aliphatic rings. The van der Waals surface area contributed by atoms with Gasteiger partial charge in [-0.25, -0.2) is 8.78 Å². The number of amidine groups is 1. The SMILES string of the molecule is NC(CC(Sc1ccc(F)cc1F)c1ccccc1)=NO. The van der Waals surface area contributed by atoms with Gasteiger partial charge < -0.3 is 10.9 Å². The molecule has 0 saturated carbocycles. The highest BCUT2D eigenvalue weighted by Crippen LogP contribution is 2.38. The highest BCUT2D eigenvalue weighted by molar-refractivity contribution is 7.99. The second kappa shape index (κ2) is 7.08. The van der Waals surface area contributed by atoms with E-state index in [4.69, 9.17) is 10.9 Å². The molecule has 110 valence electrons. The normalized spacial score (nSPS) is 13.1. The highest BCUT2D eigenvalue weighted by Gasteiger charge is 2.17. The Morgan fingerprint density at radius 1 is 1.19 bits per heavy atom. The molecule has 0 heterocycles. The Bertz CT molecular complexity index is 635. The van der Waals surface area contributed by atoms with Gasteiger partial charge in [-0.15, -0.1) is 11.8 Å². The molecule has 6 heteroatoms. The average Bonchev–Trinajstić information content (AvgIpc) is 2.49. The predicted octanol–water partition coefficient (Wildman–Crippen LogP) is 3.93. The second-order valence-corrected chi connectivity index (χ2v) is 5.63. The lowest BCUT2D eigenvalue weighted by Crippen LogP contribution is -2.14. The van der Waals surface area contributed by atoms with Crippen molar-refractivity contribution >= 4 is 17.6 Å². The van der Waals surface area contributed by atoms with E-state index in [1.807, 2.05) is 30.3 Å². The molecule has 0 saturated heterocycles. The van der Waals surface area contributed by atoms with Crippen LogP contribution in [0.3, 0.4) is 0 Å². The molecule has 0 aliphatic carbocycles. The van der Waals surface area contributed by atoms with Crippen molar-refractivity contribution in [2.24, 2.45) is 10.9 Å². The average molecular weight is 308 g/mol. The zero-order chi connectivity index (χ0) is 15.2. The molecular weight excluding hydrogens is 294 g/mol. The lowest BCUT2D eigenvalue weighted by molar-refractivity contribution is 0.317. The molecule has 1 atom stereocenters. The Hall–Kier alpha value is -2.08. The number of hydrogen-bond donors (Lipinski definition) is 2. The minimum atomic E-state index is -0.625. The van der Waals surface area contributed by atoms with Crippen LogP contribution >= 0.6 is 11.8 Å². The van der Waals surface area contributed by atoms with Crippen molar-refractivity contribution < 1.29 is 14.0 Å². The number of nitrogens with two attached hydrogens (primary N) is 1. The summed E-state index contributed by atoms with van der Waals surface area (Å²) in [5.74, 6) is -1.19. The monoisotopic (exact) mass is 308 g/mol. The third-order valence-corrected chi connectivity index (χ3v) is 4.17. The van der Waals surface area contributed by atoms with Crippen molar-refractivity contribution in [1.29, 1.82) is 0 Å². The summed E-state index contributed by atoms with van der Waals surface area (Å²) in [6.07, 6.45) is 0.252. The summed E-state index contributed by atoms with van der Waals surface area (Å²) in [7, 11) is 0. The Morgan fingerprint density at radius 2 is 1.90 bits per heavy atom. The van der Waals surface area contributed by atoms with Crippen LogP contribution in [0.2, 0.25) is 0 Å². The van der Waals surface area contributed by atoms with E-state index < -0.39 is 11.6 Å². The minimum absolute atomic E-state index is 0.0545. The fraction of sp³-hybridized carbons (Fsp3) is 0.133. The Morgan fingerprint density at radius 3 is 2.52 bits per heavy atom. The molecule has 0 spiro atoms. The predicted molar refractivity (Wildman–Crippen MR) is 79.4 cm³/mol. The lowest BCUT2D eigenvalue weighted by Gasteiger charge is -2.16. The van der Waals surface area contributed by atoms with Crippen LogP contribution in [0.4, 0.5) is 8.78 Å². The molecule has 2 rings (SSSR count). The quantitative estimate of drug-likeness (QED) is 0.289. The summed E-state index contributed by atoms with van der Waals surface area (Å²) in [5.41, 5.74) is 6.47. The van der Waals surface area contributed by atoms with Crippen molar-refractivity contribution in [2.45, 2.75) is 16.6 Å². The van der Waals surface area contributed by atoms with Crippen LogP contribution in [-0.2, 0) is 0 Å². The van der Waals surface area contributed by atoms with Gasteiger partial charge in [-0.2, -0.15) is 0 Å². The molecule has 21 heavy (non-hydrogen) atoms. The second-order valence-electron chi connectivity index (χ2n) is 4.39. The summed E-state index contributed by atoms with van der Waals surface area (Å²) < 4.78 is 26.7. The van der Waals surface area contributed by atoms with Gasteiger partial charge in [-0.05, 0) is 17.7 Å². The van der Waals surface area contributed by atoms with Gasteiger partial charge >= 0.3 is 0 Å². The van der Waals surface area contributed by atoms with Crippen molar-refractivity contribution in [3.8, 4) is 0 Å². The Kier molecular flexibility index (Phi) is 5.16. The zero-order valence-corrected chi connectivity index (χ0v) is 11.9. The molecule has 1 unspecified atom stereocenters. The first-order valence-corrected chi connectivity index (χ1v) is 7.11. The fourth-order valence-electron chi connectivity index (χ4n) is 1.85. The van der Waals surface area contributed by atoms with Gasteiger partial charge in [0.2, 0.25) is 0 Å². The topological polar surface area (TPSA) is 58.6 Å². The number of rotatable bonds is 5. The third kappa shape index (κ3) is 4.19. The van der Waals surface area contributed by atoms with Gasteiger partial charge in [0.05, 0.1) is 0 Å². The Labute approximate surface area is 125 Å². The van der Waals surface area contributed by atoms with E-state index in [1.54, 1.807) is 0 Å². The smallest absolute Gasteiger partial charge is 0.140 e. The van der Waals surface area contributed by atoms with Crippen LogP contribution in [-0.4, -0.2) is 11.0 Å². The first-order chi connectivity index (χ1) is 10.1. The third-order valence-electron chi connectivity index (χ3n) is 2.86. The van der Waals surface area contributed by atoms with E-state index in [-0.39, 0.29) is 17.5 Å². The van der Waals surface area contributed by atoms with Crippen LogP contribution in [0.25, 0.3) is 0 Å². The van der Waals surface area contributed by atoms with Gasteiger partial charge in [0, 0.05) is 22.6 Å². The number of hydrogen-bond acceptors (Lipinski definition) is 3. The minimum Gasteiger partial charge on any atom is -0.409 e. The van der Waals surface area contributed by atoms with Gasteiger partial charge in [-0.3, -0.25) is 0 Å². The lowest BCUT2D eigenvalue weighted by atomic mass is 10.1. The molecular formula is C15H14F2N2OS. The summed E-state index contributed by atoms with van der Waals surface area (Å²) >= 11 is 1.21. The maximum atomic E-state index is 13.8. The summed E-state index contributed by atoms with van der Waals surface area (Å²) in [6, 6.07) is 12.8. The number of oxime groups is 1. The zero-order valence-electron chi connectivity index (χ0n) is 11.0. The standard InChI is InChI=1S/C15H14F2N2OS/c16-11-6-7-13(12(17)8-11)21-14(9-15(18)19-20)10-4-2-1-3-5-10/h1-8,14,20H,9H2,(H2,18,19). The van der Waals surface area contributed by atoms with Crippen LogP contribution in [0, 0.1) is 11.6 Å². The van der Waals surface area contributed by atoms with Crippen molar-refractivity contribution in [1.82, 2.24) is 0 Å². The summed E-state index contributed by atoms with van der Waals surface area (Å²) in [4.78, 5) is 0.316. The van der Waals surface area contributed by atoms with E-state index in [2.05, 4.69) is 5.16 Å². The molecule has 0 aromatic heterocycles. The molecule has 0 fully saturated rings. The fourth-order valence-corrected chi connectivity index (χ4v) is 3.02. The number of halogens is 2. The molecule has 0 amide bonds. The molecule has 0 radical (unpaired) electrons. The van der Waals surface area contributed by atoms with Gasteiger partial charge in [0.15, 0.2) is 0 Å². The van der Waals surface area contributed by atoms with Gasteiger partial charge in [0.25, 0.3) is 0 Å². The summed E-state index contributed by atoms with van der Waals surface area (Å²) in [5, 5.41) is 11.4. The molecule has 3 N–H and O–H groups in total. The molecule has 0 bridgehead atoms. The van der Waals surface area contributed by atoms with Gasteiger partial charge in [0.1, 0.15) is 17.5 Å². The van der Waals surface area contributed by atoms with Crippen molar-refractivity contribution in [3.63, 3.8) is 0 Å². The van der Waals surface area contributed by atoms with E-state index >= 15 is 0 Å². The number of benzene rings is 2. The molecule has 2 aromatic rings. The number of nitrogens with zero attached hydrogens (tertiary/aromatic N) is 1. The van der Waals surface area contributed by atoms with E-state index in [1.165, 1.54) is 23.9 Å². The molecule has 3 nitrogen and oxygen atoms in total. The van der Waals surface area contributed by atoms with E-state index in [9.17, 15) is 8.78 Å². The van der Waals surface area contributed by atoms with Crippen LogP contribution in [0.15, 0.2) is 58.6 Å². The molecule has 0 aliphatic heterocycles. The van der Waals surface area contributed by atoms with E-state index in [0.717, 1.165) is 11.6 Å². The maximum absolute atomic E-state index is 13.8. The van der Waals surface area contributed by atoms with Crippen LogP contribution in [0.1, 0.15) is 17.2 Å². The largest absolute Gasteiger partial charge is 0.409 e. The summed E-state index contributed by atoms with van der Waals surface area (Å²) in [6.45, 7) is 0. The molecule has 2 aromatic carbocycles. The van der Waals surface area contributed by atoms with Crippen LogP contribution in [0.5, 0.6) is 0 Å². The van der Waals surface area contributed by atoms with E-state index in [0.29, 0.717) is 4.90 Å². The van der Waals surface area contributed by atoms with Gasteiger partial charge in [-0.1, -0.05) is 35.5 Å². The maximum Gasteiger partial charge on any atom is 0.140 e. The first kappa shape index (κ1) is 15.3. The highest BCUT2D eigenvalue weighted by atomic mass is 32.2. The first-order valence-electron chi connectivity index (χ1n) is 6.23. The van der Waals surface area contributed by atoms with Crippen LogP contribution < -0.4 is 5.73 Å².